The Balaban J connectivity index is 2.44. The van der Waals surface area contributed by atoms with Crippen LogP contribution in [0.2, 0.25) is 0 Å². The average molecular weight is 241 g/mol. The molecule has 0 fully saturated rings. The van der Waals surface area contributed by atoms with E-state index in [2.05, 4.69) is 5.32 Å². The summed E-state index contributed by atoms with van der Waals surface area (Å²) in [5.41, 5.74) is -0.692. The fourth-order valence-electron chi connectivity index (χ4n) is 1.16. The Hall–Kier alpha value is -1.62. The monoisotopic (exact) mass is 241 g/mol. The minimum absolute atomic E-state index is 0.168. The van der Waals surface area contributed by atoms with Gasteiger partial charge in [-0.05, 0) is 26.0 Å². The summed E-state index contributed by atoms with van der Waals surface area (Å²) >= 11 is 0. The number of amides is 1. The van der Waals surface area contributed by atoms with Gasteiger partial charge in [-0.1, -0.05) is 6.07 Å². The molecule has 0 heterocycles. The number of aliphatic hydroxyl groups excluding tert-OH is 1. The van der Waals surface area contributed by atoms with Gasteiger partial charge in [-0.25, -0.2) is 4.39 Å². The Morgan fingerprint density at radius 2 is 2.24 bits per heavy atom. The zero-order valence-corrected chi connectivity index (χ0v) is 9.87. The van der Waals surface area contributed by atoms with Crippen LogP contribution in [0.25, 0.3) is 0 Å². The number of carbonyl (C=O) groups excluding carboxylic acids is 1. The lowest BCUT2D eigenvalue weighted by atomic mass is 10.1. The van der Waals surface area contributed by atoms with E-state index in [0.29, 0.717) is 5.75 Å². The second-order valence-corrected chi connectivity index (χ2v) is 4.34. The van der Waals surface area contributed by atoms with Crippen molar-refractivity contribution in [1.82, 2.24) is 5.32 Å². The zero-order chi connectivity index (χ0) is 12.9. The van der Waals surface area contributed by atoms with Gasteiger partial charge in [-0.3, -0.25) is 4.79 Å². The summed E-state index contributed by atoms with van der Waals surface area (Å²) in [6.07, 6.45) is 0. The van der Waals surface area contributed by atoms with Crippen LogP contribution in [0.15, 0.2) is 24.3 Å². The van der Waals surface area contributed by atoms with Gasteiger partial charge in [0.15, 0.2) is 6.61 Å². The molecule has 17 heavy (non-hydrogen) atoms. The summed E-state index contributed by atoms with van der Waals surface area (Å²) in [7, 11) is 0. The molecule has 5 heteroatoms. The second kappa shape index (κ2) is 5.63. The molecule has 0 saturated carbocycles. The van der Waals surface area contributed by atoms with Crippen LogP contribution in [-0.4, -0.2) is 29.8 Å². The van der Waals surface area contributed by atoms with Gasteiger partial charge in [0.2, 0.25) is 0 Å². The van der Waals surface area contributed by atoms with E-state index in [4.69, 9.17) is 9.84 Å². The van der Waals surface area contributed by atoms with Crippen LogP contribution < -0.4 is 10.1 Å². The van der Waals surface area contributed by atoms with E-state index >= 15 is 0 Å². The van der Waals surface area contributed by atoms with Gasteiger partial charge in [0, 0.05) is 6.07 Å². The van der Waals surface area contributed by atoms with Gasteiger partial charge in [-0.15, -0.1) is 0 Å². The molecule has 0 unspecified atom stereocenters. The third-order valence-corrected chi connectivity index (χ3v) is 2.04. The molecule has 1 amide bonds. The van der Waals surface area contributed by atoms with E-state index in [9.17, 15) is 9.18 Å². The summed E-state index contributed by atoms with van der Waals surface area (Å²) in [5.74, 6) is -0.492. The van der Waals surface area contributed by atoms with E-state index in [0.717, 1.165) is 0 Å². The van der Waals surface area contributed by atoms with Crippen molar-refractivity contribution < 1.29 is 19.0 Å². The molecular weight excluding hydrogens is 225 g/mol. The molecule has 0 saturated heterocycles. The number of hydrogen-bond donors (Lipinski definition) is 2. The summed E-state index contributed by atoms with van der Waals surface area (Å²) in [6, 6.07) is 5.56. The molecule has 1 aromatic carbocycles. The molecule has 1 rings (SSSR count). The number of halogens is 1. The maximum Gasteiger partial charge on any atom is 0.258 e. The van der Waals surface area contributed by atoms with E-state index in [-0.39, 0.29) is 19.1 Å². The Morgan fingerprint density at radius 3 is 2.82 bits per heavy atom. The highest BCUT2D eigenvalue weighted by atomic mass is 19.1. The number of aliphatic hydroxyl groups is 1. The van der Waals surface area contributed by atoms with Gasteiger partial charge in [-0.2, -0.15) is 0 Å². The molecule has 0 aliphatic heterocycles. The van der Waals surface area contributed by atoms with Crippen molar-refractivity contribution >= 4 is 5.91 Å². The van der Waals surface area contributed by atoms with Crippen molar-refractivity contribution in [1.29, 1.82) is 0 Å². The quantitative estimate of drug-likeness (QED) is 0.811. The van der Waals surface area contributed by atoms with Gasteiger partial charge in [0.25, 0.3) is 5.91 Å². The molecule has 94 valence electrons. The third kappa shape index (κ3) is 4.82. The number of rotatable bonds is 5. The number of hydrogen-bond acceptors (Lipinski definition) is 3. The predicted octanol–water partition coefficient (Wildman–Crippen LogP) is 1.09. The van der Waals surface area contributed by atoms with Crippen molar-refractivity contribution in [2.75, 3.05) is 13.2 Å². The highest BCUT2D eigenvalue weighted by molar-refractivity contribution is 5.78. The van der Waals surface area contributed by atoms with Crippen molar-refractivity contribution in [2.45, 2.75) is 19.4 Å². The Bertz CT molecular complexity index is 393. The fraction of sp³-hybridized carbons (Fsp3) is 0.417. The van der Waals surface area contributed by atoms with E-state index < -0.39 is 11.4 Å². The average Bonchev–Trinajstić information content (AvgIpc) is 2.26. The molecule has 0 atom stereocenters. The van der Waals surface area contributed by atoms with Crippen LogP contribution in [0.4, 0.5) is 4.39 Å². The SMILES string of the molecule is CC(C)(CO)NC(=O)COc1cccc(F)c1. The van der Waals surface area contributed by atoms with Gasteiger partial charge in [0.05, 0.1) is 12.1 Å². The third-order valence-electron chi connectivity index (χ3n) is 2.04. The first-order valence-corrected chi connectivity index (χ1v) is 5.23. The van der Waals surface area contributed by atoms with Crippen LogP contribution in [0, 0.1) is 5.82 Å². The van der Waals surface area contributed by atoms with Crippen LogP contribution >= 0.6 is 0 Å². The first kappa shape index (κ1) is 13.4. The van der Waals surface area contributed by atoms with Crippen molar-refractivity contribution in [2.24, 2.45) is 0 Å². The van der Waals surface area contributed by atoms with Crippen molar-refractivity contribution in [3.05, 3.63) is 30.1 Å². The molecule has 0 aliphatic carbocycles. The normalized spacial score (nSPS) is 11.1. The van der Waals surface area contributed by atoms with Crippen LogP contribution in [0.1, 0.15) is 13.8 Å². The predicted molar refractivity (Wildman–Crippen MR) is 61.2 cm³/mol. The highest BCUT2D eigenvalue weighted by Gasteiger charge is 2.19. The Kier molecular flexibility index (Phi) is 4.45. The first-order valence-electron chi connectivity index (χ1n) is 5.23. The van der Waals surface area contributed by atoms with Crippen molar-refractivity contribution in [3.8, 4) is 5.75 Å². The molecule has 0 bridgehead atoms. The number of ether oxygens (including phenoxy) is 1. The summed E-state index contributed by atoms with van der Waals surface area (Å²) in [4.78, 5) is 11.4. The van der Waals surface area contributed by atoms with E-state index in [1.807, 2.05) is 0 Å². The Labute approximate surface area is 99.4 Å². The molecule has 0 radical (unpaired) electrons. The molecular formula is C12H16FNO3. The maximum atomic E-state index is 12.8. The minimum Gasteiger partial charge on any atom is -0.484 e. The molecule has 1 aromatic rings. The lowest BCUT2D eigenvalue weighted by Gasteiger charge is -2.23. The summed E-state index contributed by atoms with van der Waals surface area (Å²) in [6.45, 7) is 2.99. The second-order valence-electron chi connectivity index (χ2n) is 4.34. The van der Waals surface area contributed by atoms with Crippen LogP contribution in [0.3, 0.4) is 0 Å². The van der Waals surface area contributed by atoms with E-state index in [1.165, 1.54) is 18.2 Å². The van der Waals surface area contributed by atoms with Gasteiger partial charge < -0.3 is 15.2 Å². The Morgan fingerprint density at radius 1 is 1.53 bits per heavy atom. The van der Waals surface area contributed by atoms with Gasteiger partial charge in [0.1, 0.15) is 11.6 Å². The zero-order valence-electron chi connectivity index (χ0n) is 9.87. The number of benzene rings is 1. The molecule has 4 nitrogen and oxygen atoms in total. The summed E-state index contributed by atoms with van der Waals surface area (Å²) < 4.78 is 17.9. The first-order chi connectivity index (χ1) is 7.93. The van der Waals surface area contributed by atoms with Gasteiger partial charge >= 0.3 is 0 Å². The fourth-order valence-corrected chi connectivity index (χ4v) is 1.16. The largest absolute Gasteiger partial charge is 0.484 e. The standard InChI is InChI=1S/C12H16FNO3/c1-12(2,8-15)14-11(16)7-17-10-5-3-4-9(13)6-10/h3-6,15H,7-8H2,1-2H3,(H,14,16). The minimum atomic E-state index is -0.692. The topological polar surface area (TPSA) is 58.6 Å². The van der Waals surface area contributed by atoms with Crippen LogP contribution in [0.5, 0.6) is 5.75 Å². The lowest BCUT2D eigenvalue weighted by molar-refractivity contribution is -0.125. The van der Waals surface area contributed by atoms with Crippen molar-refractivity contribution in [3.63, 3.8) is 0 Å². The maximum absolute atomic E-state index is 12.8. The molecule has 0 aromatic heterocycles. The molecule has 2 N–H and O–H groups in total. The van der Waals surface area contributed by atoms with Crippen LogP contribution in [-0.2, 0) is 4.79 Å². The summed E-state index contributed by atoms with van der Waals surface area (Å²) in [5, 5.41) is 11.5. The molecule has 0 aliphatic rings. The smallest absolute Gasteiger partial charge is 0.258 e. The van der Waals surface area contributed by atoms with E-state index in [1.54, 1.807) is 19.9 Å². The number of carbonyl (C=O) groups is 1. The lowest BCUT2D eigenvalue weighted by Crippen LogP contribution is -2.48. The highest BCUT2D eigenvalue weighted by Crippen LogP contribution is 2.11. The number of nitrogens with one attached hydrogen (secondary N) is 1. The molecule has 0 spiro atoms.